The maximum Gasteiger partial charge on any atom is 0.265 e. The predicted octanol–water partition coefficient (Wildman–Crippen LogP) is 6.25. The average molecular weight is 884 g/mol. The minimum absolute atomic E-state index is 0.0122. The van der Waals surface area contributed by atoms with Crippen molar-refractivity contribution in [2.45, 2.75) is 115 Å². The molecular weight excluding hydrogens is 831 g/mol. The Morgan fingerprint density at radius 3 is 2.36 bits per heavy atom. The summed E-state index contributed by atoms with van der Waals surface area (Å²) in [6, 6.07) is 14.2. The van der Waals surface area contributed by atoms with Crippen LogP contribution in [-0.2, 0) is 28.3 Å². The van der Waals surface area contributed by atoms with Crippen molar-refractivity contribution in [2.75, 3.05) is 36.4 Å². The van der Waals surface area contributed by atoms with Crippen molar-refractivity contribution in [1.82, 2.24) is 34.6 Å². The fraction of sp³-hybridized carbons (Fsp3) is 0.458. The van der Waals surface area contributed by atoms with Crippen molar-refractivity contribution < 1.29 is 24.3 Å². The van der Waals surface area contributed by atoms with E-state index in [2.05, 4.69) is 55.7 Å². The Labute approximate surface area is 374 Å². The molecule has 64 heavy (non-hydrogen) atoms. The third-order valence-corrected chi connectivity index (χ3v) is 15.6. The first-order valence-corrected chi connectivity index (χ1v) is 23.5. The highest BCUT2D eigenvalue weighted by Gasteiger charge is 2.43. The number of ketones is 1. The number of rotatable bonds is 10. The van der Waals surface area contributed by atoms with Gasteiger partial charge in [-0.2, -0.15) is 4.98 Å². The summed E-state index contributed by atoms with van der Waals surface area (Å²) in [6.45, 7) is 7.72. The summed E-state index contributed by atoms with van der Waals surface area (Å²) >= 11 is 1.34. The number of likely N-dealkylation sites (tertiary alicyclic amines) is 1. The molecule has 10 rings (SSSR count). The largest absolute Gasteiger partial charge is 0.384 e. The van der Waals surface area contributed by atoms with Crippen molar-refractivity contribution in [1.29, 1.82) is 0 Å². The normalized spacial score (nSPS) is 20.9. The monoisotopic (exact) mass is 883 g/mol. The molecule has 1 unspecified atom stereocenters. The summed E-state index contributed by atoms with van der Waals surface area (Å²) in [5, 5.41) is 18.0. The zero-order valence-corrected chi connectivity index (χ0v) is 37.1. The molecule has 1 saturated carbocycles. The molecule has 1 aromatic carbocycles. The summed E-state index contributed by atoms with van der Waals surface area (Å²) < 4.78 is 1.72. The summed E-state index contributed by atoms with van der Waals surface area (Å²) in [4.78, 5) is 85.3. The van der Waals surface area contributed by atoms with E-state index < -0.39 is 17.6 Å². The molecular formula is C48H53N9O6S. The number of benzene rings is 1. The molecule has 4 aliphatic heterocycles. The molecule has 332 valence electrons. The van der Waals surface area contributed by atoms with Crippen LogP contribution in [0.1, 0.15) is 130 Å². The SMILES string of the molecule is CC(=O)c1c(C)c2cnc(Nc3ccc(C4CCN(c5ccc(CN6CCC(O)(c7cc8c(s7)C(=O)N(C7CCC(=O)NC7=O)C8)CC6)cc5)CC4)cn3)nc2n(C2CCCC2)c1=O. The van der Waals surface area contributed by atoms with Gasteiger partial charge in [-0.25, -0.2) is 9.97 Å². The lowest BCUT2D eigenvalue weighted by Crippen LogP contribution is -2.52. The number of aryl methyl sites for hydroxylation is 1. The number of anilines is 3. The van der Waals surface area contributed by atoms with Gasteiger partial charge >= 0.3 is 0 Å². The predicted molar refractivity (Wildman–Crippen MR) is 243 cm³/mol. The minimum atomic E-state index is -0.991. The van der Waals surface area contributed by atoms with E-state index in [1.165, 1.54) is 35.1 Å². The van der Waals surface area contributed by atoms with Gasteiger partial charge in [0.1, 0.15) is 23.1 Å². The number of nitrogens with zero attached hydrogens (tertiary/aromatic N) is 7. The lowest BCUT2D eigenvalue weighted by atomic mass is 9.89. The van der Waals surface area contributed by atoms with E-state index in [9.17, 15) is 29.1 Å². The number of Topliss-reactive ketones (excluding diaryl/α,β-unsaturated/α-hetero) is 1. The second-order valence-electron chi connectivity index (χ2n) is 18.3. The number of carbonyl (C=O) groups excluding carboxylic acids is 4. The molecule has 3 saturated heterocycles. The lowest BCUT2D eigenvalue weighted by molar-refractivity contribution is -0.136. The van der Waals surface area contributed by atoms with E-state index >= 15 is 0 Å². The van der Waals surface area contributed by atoms with Gasteiger partial charge in [-0.3, -0.25) is 38.8 Å². The van der Waals surface area contributed by atoms with Gasteiger partial charge in [0, 0.05) is 80.1 Å². The number of imide groups is 1. The molecule has 5 aliphatic rings. The zero-order chi connectivity index (χ0) is 44.3. The van der Waals surface area contributed by atoms with Crippen molar-refractivity contribution in [3.8, 4) is 0 Å². The van der Waals surface area contributed by atoms with Gasteiger partial charge in [-0.05, 0) is 111 Å². The first-order valence-electron chi connectivity index (χ1n) is 22.6. The number of amides is 3. The van der Waals surface area contributed by atoms with Crippen LogP contribution in [0.3, 0.4) is 0 Å². The van der Waals surface area contributed by atoms with Crippen molar-refractivity contribution in [2.24, 2.45) is 0 Å². The highest BCUT2D eigenvalue weighted by Crippen LogP contribution is 2.42. The number of hydrogen-bond donors (Lipinski definition) is 3. The van der Waals surface area contributed by atoms with E-state index in [-0.39, 0.29) is 41.2 Å². The van der Waals surface area contributed by atoms with E-state index in [0.29, 0.717) is 65.0 Å². The standard InChI is InChI=1S/C48H53N9O6S/c1-28-36-25-50-47(53-43(36)57(35-5-3-4-6-35)45(61)41(28)29(2)58)51-39-13-9-32(24-49-39)31-15-19-55(20-16-31)34-10-7-30(8-11-34)26-54-21-17-48(63,18-22-54)38-23-33-27-56(46(62)42(33)64-38)37-12-14-40(59)52-44(37)60/h7-11,13,23-25,31,35,37,63H,3-6,12,14-22,26-27H2,1-2H3,(H,52,59,60)(H,49,50,51,53). The topological polar surface area (TPSA) is 183 Å². The average Bonchev–Trinajstić information content (AvgIpc) is 4.05. The van der Waals surface area contributed by atoms with Gasteiger partial charge < -0.3 is 20.2 Å². The summed E-state index contributed by atoms with van der Waals surface area (Å²) in [7, 11) is 0. The summed E-state index contributed by atoms with van der Waals surface area (Å²) in [5.41, 5.74) is 4.62. The molecule has 0 bridgehead atoms. The summed E-state index contributed by atoms with van der Waals surface area (Å²) in [5.74, 6) is 0.225. The molecule has 3 N–H and O–H groups in total. The van der Waals surface area contributed by atoms with Crippen LogP contribution in [0.15, 0.2) is 59.7 Å². The number of carbonyl (C=O) groups is 4. The minimum Gasteiger partial charge on any atom is -0.384 e. The Morgan fingerprint density at radius 1 is 0.938 bits per heavy atom. The fourth-order valence-electron chi connectivity index (χ4n) is 10.6. The maximum atomic E-state index is 13.6. The third-order valence-electron chi connectivity index (χ3n) is 14.3. The van der Waals surface area contributed by atoms with E-state index in [0.717, 1.165) is 81.7 Å². The van der Waals surface area contributed by atoms with Crippen LogP contribution in [0.25, 0.3) is 11.0 Å². The maximum absolute atomic E-state index is 13.6. The number of fused-ring (bicyclic) bond motifs is 2. The number of nitrogens with one attached hydrogen (secondary N) is 2. The van der Waals surface area contributed by atoms with Crippen molar-refractivity contribution in [3.05, 3.63) is 103 Å². The number of aromatic nitrogens is 4. The van der Waals surface area contributed by atoms with Gasteiger partial charge in [-0.15, -0.1) is 11.3 Å². The van der Waals surface area contributed by atoms with Crippen LogP contribution in [0.4, 0.5) is 17.5 Å². The molecule has 4 fully saturated rings. The Bertz CT molecular complexity index is 2710. The number of aliphatic hydroxyl groups is 1. The molecule has 5 aromatic rings. The van der Waals surface area contributed by atoms with Crippen LogP contribution in [0, 0.1) is 6.92 Å². The second-order valence-corrected chi connectivity index (χ2v) is 19.4. The van der Waals surface area contributed by atoms with Gasteiger partial charge in [0.15, 0.2) is 5.78 Å². The van der Waals surface area contributed by atoms with Crippen LogP contribution < -0.4 is 21.1 Å². The molecule has 1 atom stereocenters. The van der Waals surface area contributed by atoms with Gasteiger partial charge in [0.2, 0.25) is 17.8 Å². The van der Waals surface area contributed by atoms with Crippen LogP contribution in [-0.4, -0.2) is 90.2 Å². The molecule has 8 heterocycles. The smallest absolute Gasteiger partial charge is 0.265 e. The fourth-order valence-corrected chi connectivity index (χ4v) is 11.9. The van der Waals surface area contributed by atoms with Crippen LogP contribution in [0.5, 0.6) is 0 Å². The number of thiophene rings is 1. The van der Waals surface area contributed by atoms with Crippen molar-refractivity contribution in [3.63, 3.8) is 0 Å². The quantitative estimate of drug-likeness (QED) is 0.106. The van der Waals surface area contributed by atoms with E-state index in [1.807, 2.05) is 18.3 Å². The van der Waals surface area contributed by atoms with Gasteiger partial charge in [0.25, 0.3) is 11.5 Å². The Morgan fingerprint density at radius 2 is 1.69 bits per heavy atom. The second kappa shape index (κ2) is 16.9. The molecule has 4 aromatic heterocycles. The van der Waals surface area contributed by atoms with E-state index in [4.69, 9.17) is 9.97 Å². The third kappa shape index (κ3) is 7.89. The highest BCUT2D eigenvalue weighted by atomic mass is 32.1. The molecule has 1 aliphatic carbocycles. The number of pyridine rings is 2. The molecule has 0 spiro atoms. The Balaban J connectivity index is 0.709. The Hall–Kier alpha value is -5.84. The van der Waals surface area contributed by atoms with E-state index in [1.54, 1.807) is 22.6 Å². The Kier molecular flexibility index (Phi) is 11.2. The first kappa shape index (κ1) is 42.1. The molecule has 0 radical (unpaired) electrons. The van der Waals surface area contributed by atoms with Gasteiger partial charge in [-0.1, -0.05) is 31.0 Å². The van der Waals surface area contributed by atoms with Gasteiger partial charge in [0.05, 0.1) is 10.4 Å². The lowest BCUT2D eigenvalue weighted by Gasteiger charge is -2.38. The highest BCUT2D eigenvalue weighted by molar-refractivity contribution is 7.14. The summed E-state index contributed by atoms with van der Waals surface area (Å²) in [6.07, 6.45) is 11.2. The van der Waals surface area contributed by atoms with Crippen LogP contribution >= 0.6 is 11.3 Å². The molecule has 3 amide bonds. The number of hydrogen-bond acceptors (Lipinski definition) is 13. The molecule has 16 heteroatoms. The molecule has 15 nitrogen and oxygen atoms in total. The number of piperidine rings is 3. The van der Waals surface area contributed by atoms with Crippen LogP contribution in [0.2, 0.25) is 0 Å². The first-order chi connectivity index (χ1) is 30.9. The zero-order valence-electron chi connectivity index (χ0n) is 36.3. The van der Waals surface area contributed by atoms with Crippen molar-refractivity contribution >= 4 is 63.3 Å².